The number of hydrogen-bond acceptors (Lipinski definition) is 4. The predicted molar refractivity (Wildman–Crippen MR) is 103 cm³/mol. The van der Waals surface area contributed by atoms with E-state index >= 15 is 0 Å². The van der Waals surface area contributed by atoms with Gasteiger partial charge in [0.1, 0.15) is 11.6 Å². The quantitative estimate of drug-likeness (QED) is 0.706. The number of rotatable bonds is 4. The number of H-pyrrole nitrogens is 1. The zero-order valence-electron chi connectivity index (χ0n) is 14.1. The van der Waals surface area contributed by atoms with Gasteiger partial charge in [-0.3, -0.25) is 10.00 Å². The van der Waals surface area contributed by atoms with Crippen molar-refractivity contribution in [1.82, 2.24) is 20.1 Å². The van der Waals surface area contributed by atoms with Gasteiger partial charge < -0.3 is 4.90 Å². The molecule has 1 N–H and O–H groups in total. The normalized spacial score (nSPS) is 16.6. The second-order valence-electron chi connectivity index (χ2n) is 6.31. The fourth-order valence-electron chi connectivity index (χ4n) is 3.46. The Bertz CT molecular complexity index is 845. The number of aromatic nitrogens is 3. The third-order valence-electron chi connectivity index (χ3n) is 4.75. The van der Waals surface area contributed by atoms with Crippen LogP contribution in [0, 0.1) is 5.82 Å². The summed E-state index contributed by atoms with van der Waals surface area (Å²) in [5.41, 5.74) is 1.66. The fourth-order valence-corrected chi connectivity index (χ4v) is 3.69. The lowest BCUT2D eigenvalue weighted by Gasteiger charge is -2.39. The molecule has 7 heteroatoms. The van der Waals surface area contributed by atoms with Crippen molar-refractivity contribution in [1.29, 1.82) is 0 Å². The first-order valence-corrected chi connectivity index (χ1v) is 9.35. The Morgan fingerprint density at radius 1 is 1.04 bits per heavy atom. The molecule has 1 saturated heterocycles. The topological polar surface area (TPSA) is 48.1 Å². The maximum atomic E-state index is 14.5. The van der Waals surface area contributed by atoms with Crippen molar-refractivity contribution in [3.8, 4) is 0 Å². The Balaban J connectivity index is 1.55. The van der Waals surface area contributed by atoms with Gasteiger partial charge in [-0.15, -0.1) is 0 Å². The molecular formula is C19H19BrFN5. The highest BCUT2D eigenvalue weighted by atomic mass is 79.9. The lowest BCUT2D eigenvalue weighted by Crippen LogP contribution is -2.48. The Kier molecular flexibility index (Phi) is 4.99. The van der Waals surface area contributed by atoms with Crippen molar-refractivity contribution in [2.24, 2.45) is 0 Å². The van der Waals surface area contributed by atoms with E-state index in [-0.39, 0.29) is 11.9 Å². The summed E-state index contributed by atoms with van der Waals surface area (Å²) < 4.78 is 15.5. The van der Waals surface area contributed by atoms with Crippen LogP contribution in [0.25, 0.3) is 0 Å². The second kappa shape index (κ2) is 7.55. The molecule has 1 atom stereocenters. The SMILES string of the molecule is Fc1ccccc1C(c1cn[nH]c1)N1CCN(c2ccc(Br)cn2)CC1. The Morgan fingerprint density at radius 3 is 2.50 bits per heavy atom. The minimum atomic E-state index is -0.185. The van der Waals surface area contributed by atoms with Gasteiger partial charge in [-0.25, -0.2) is 9.37 Å². The maximum Gasteiger partial charge on any atom is 0.128 e. The van der Waals surface area contributed by atoms with Crippen molar-refractivity contribution in [2.75, 3.05) is 31.1 Å². The van der Waals surface area contributed by atoms with E-state index in [2.05, 4.69) is 40.9 Å². The van der Waals surface area contributed by atoms with Gasteiger partial charge in [0.25, 0.3) is 0 Å². The highest BCUT2D eigenvalue weighted by Crippen LogP contribution is 2.31. The molecule has 3 aromatic rings. The van der Waals surface area contributed by atoms with E-state index in [1.54, 1.807) is 12.3 Å². The molecule has 0 bridgehead atoms. The number of anilines is 1. The Morgan fingerprint density at radius 2 is 1.85 bits per heavy atom. The molecule has 5 nitrogen and oxygen atoms in total. The van der Waals surface area contributed by atoms with Gasteiger partial charge in [0.05, 0.1) is 12.2 Å². The van der Waals surface area contributed by atoms with Gasteiger partial charge in [0, 0.05) is 54.2 Å². The summed E-state index contributed by atoms with van der Waals surface area (Å²) in [7, 11) is 0. The third-order valence-corrected chi connectivity index (χ3v) is 5.22. The molecule has 0 radical (unpaired) electrons. The van der Waals surface area contributed by atoms with E-state index in [1.165, 1.54) is 6.07 Å². The fraction of sp³-hybridized carbons (Fsp3) is 0.263. The maximum absolute atomic E-state index is 14.5. The molecule has 0 aliphatic carbocycles. The van der Waals surface area contributed by atoms with Crippen LogP contribution in [0.3, 0.4) is 0 Å². The van der Waals surface area contributed by atoms with Crippen LogP contribution in [0.4, 0.5) is 10.2 Å². The summed E-state index contributed by atoms with van der Waals surface area (Å²) in [6.07, 6.45) is 5.44. The standard InChI is InChI=1S/C19H19BrFN5/c20-15-5-6-18(22-13-15)25-7-9-26(10-8-25)19(14-11-23-24-12-14)16-3-1-2-4-17(16)21/h1-6,11-13,19H,7-10H2,(H,23,24). The molecule has 1 aliphatic rings. The molecule has 3 heterocycles. The molecule has 26 heavy (non-hydrogen) atoms. The summed E-state index contributed by atoms with van der Waals surface area (Å²) in [4.78, 5) is 9.04. The van der Waals surface area contributed by atoms with Gasteiger partial charge in [-0.1, -0.05) is 18.2 Å². The smallest absolute Gasteiger partial charge is 0.128 e. The molecule has 1 aliphatic heterocycles. The second-order valence-corrected chi connectivity index (χ2v) is 7.23. The van der Waals surface area contributed by atoms with Crippen molar-refractivity contribution in [2.45, 2.75) is 6.04 Å². The minimum Gasteiger partial charge on any atom is -0.354 e. The zero-order valence-corrected chi connectivity index (χ0v) is 15.7. The lowest BCUT2D eigenvalue weighted by atomic mass is 9.98. The van der Waals surface area contributed by atoms with Gasteiger partial charge in [-0.05, 0) is 34.1 Å². The summed E-state index contributed by atoms with van der Waals surface area (Å²) in [6.45, 7) is 3.33. The van der Waals surface area contributed by atoms with Crippen LogP contribution in [0.15, 0.2) is 59.5 Å². The number of aromatic amines is 1. The number of pyridine rings is 1. The monoisotopic (exact) mass is 415 g/mol. The van der Waals surface area contributed by atoms with Crippen LogP contribution in [-0.4, -0.2) is 46.3 Å². The van der Waals surface area contributed by atoms with Crippen LogP contribution in [0.1, 0.15) is 17.2 Å². The van der Waals surface area contributed by atoms with Crippen molar-refractivity contribution in [3.05, 3.63) is 76.4 Å². The van der Waals surface area contributed by atoms with Crippen LogP contribution in [0.2, 0.25) is 0 Å². The van der Waals surface area contributed by atoms with Gasteiger partial charge in [0.15, 0.2) is 0 Å². The van der Waals surface area contributed by atoms with E-state index in [4.69, 9.17) is 0 Å². The Labute approximate surface area is 160 Å². The summed E-state index contributed by atoms with van der Waals surface area (Å²) >= 11 is 3.42. The molecule has 1 unspecified atom stereocenters. The van der Waals surface area contributed by atoms with Crippen LogP contribution in [0.5, 0.6) is 0 Å². The van der Waals surface area contributed by atoms with Crippen molar-refractivity contribution in [3.63, 3.8) is 0 Å². The molecule has 4 rings (SSSR count). The summed E-state index contributed by atoms with van der Waals surface area (Å²) in [5, 5.41) is 6.92. The highest BCUT2D eigenvalue weighted by molar-refractivity contribution is 9.10. The number of hydrogen-bond donors (Lipinski definition) is 1. The molecule has 0 saturated carbocycles. The van der Waals surface area contributed by atoms with E-state index in [0.29, 0.717) is 5.56 Å². The van der Waals surface area contributed by atoms with Gasteiger partial charge >= 0.3 is 0 Å². The zero-order chi connectivity index (χ0) is 17.9. The predicted octanol–water partition coefficient (Wildman–Crippen LogP) is 3.62. The van der Waals surface area contributed by atoms with Crippen LogP contribution >= 0.6 is 15.9 Å². The number of nitrogens with one attached hydrogen (secondary N) is 1. The average Bonchev–Trinajstić information content (AvgIpc) is 3.19. The molecule has 0 spiro atoms. The van der Waals surface area contributed by atoms with Crippen molar-refractivity contribution >= 4 is 21.7 Å². The largest absolute Gasteiger partial charge is 0.354 e. The Hall–Kier alpha value is -2.25. The number of piperazine rings is 1. The first kappa shape index (κ1) is 17.2. The first-order chi connectivity index (χ1) is 12.7. The van der Waals surface area contributed by atoms with Gasteiger partial charge in [-0.2, -0.15) is 5.10 Å². The number of benzene rings is 1. The molecule has 134 valence electrons. The summed E-state index contributed by atoms with van der Waals surface area (Å²) in [6, 6.07) is 10.9. The average molecular weight is 416 g/mol. The third kappa shape index (κ3) is 3.50. The van der Waals surface area contributed by atoms with E-state index in [0.717, 1.165) is 42.0 Å². The molecular weight excluding hydrogens is 397 g/mol. The van der Waals surface area contributed by atoms with Crippen LogP contribution < -0.4 is 4.90 Å². The number of halogens is 2. The van der Waals surface area contributed by atoms with Gasteiger partial charge in [0.2, 0.25) is 0 Å². The number of nitrogens with zero attached hydrogens (tertiary/aromatic N) is 4. The molecule has 1 aromatic carbocycles. The highest BCUT2D eigenvalue weighted by Gasteiger charge is 2.29. The van der Waals surface area contributed by atoms with Crippen molar-refractivity contribution < 1.29 is 4.39 Å². The van der Waals surface area contributed by atoms with E-state index in [1.807, 2.05) is 36.7 Å². The summed E-state index contributed by atoms with van der Waals surface area (Å²) in [5.74, 6) is 0.786. The minimum absolute atomic E-state index is 0.144. The molecule has 2 aromatic heterocycles. The van der Waals surface area contributed by atoms with E-state index < -0.39 is 0 Å². The first-order valence-electron chi connectivity index (χ1n) is 8.56. The molecule has 0 amide bonds. The van der Waals surface area contributed by atoms with Crippen LogP contribution in [-0.2, 0) is 0 Å². The molecule has 1 fully saturated rings. The van der Waals surface area contributed by atoms with E-state index in [9.17, 15) is 4.39 Å². The lowest BCUT2D eigenvalue weighted by molar-refractivity contribution is 0.208.